The van der Waals surface area contributed by atoms with E-state index in [-0.39, 0.29) is 6.10 Å². The molecule has 3 N–H and O–H groups in total. The summed E-state index contributed by atoms with van der Waals surface area (Å²) in [7, 11) is 2.01. The fourth-order valence-electron chi connectivity index (χ4n) is 2.35. The maximum Gasteiger partial charge on any atom is 0.157 e. The average Bonchev–Trinajstić information content (AvgIpc) is 2.97. The third kappa shape index (κ3) is 3.72. The zero-order chi connectivity index (χ0) is 14.4. The molecule has 0 radical (unpaired) electrons. The highest BCUT2D eigenvalue weighted by molar-refractivity contribution is 5.74. The summed E-state index contributed by atoms with van der Waals surface area (Å²) in [6.45, 7) is 4.73. The first-order valence-corrected chi connectivity index (χ1v) is 7.39. The van der Waals surface area contributed by atoms with Crippen LogP contribution in [0.4, 0.5) is 17.3 Å². The predicted octanol–water partition coefficient (Wildman–Crippen LogP) is 1.89. The van der Waals surface area contributed by atoms with Gasteiger partial charge in [0.15, 0.2) is 11.6 Å². The van der Waals surface area contributed by atoms with Gasteiger partial charge in [0.05, 0.1) is 6.10 Å². The molecule has 2 rings (SSSR count). The summed E-state index contributed by atoms with van der Waals surface area (Å²) in [5, 5.41) is 3.28. The summed E-state index contributed by atoms with van der Waals surface area (Å²) in [6, 6.07) is 0. The quantitative estimate of drug-likeness (QED) is 0.793. The first-order valence-electron chi connectivity index (χ1n) is 7.39. The Bertz CT molecular complexity index is 420. The Morgan fingerprint density at radius 2 is 2.35 bits per heavy atom. The van der Waals surface area contributed by atoms with Crippen molar-refractivity contribution in [1.82, 2.24) is 9.97 Å². The van der Waals surface area contributed by atoms with Crippen LogP contribution in [0.5, 0.6) is 0 Å². The Hall–Kier alpha value is -1.56. The molecule has 112 valence electrons. The van der Waals surface area contributed by atoms with Gasteiger partial charge in [0.2, 0.25) is 0 Å². The van der Waals surface area contributed by atoms with Crippen LogP contribution < -0.4 is 16.0 Å². The number of nitrogens with one attached hydrogen (secondary N) is 1. The number of hydrogen-bond donors (Lipinski definition) is 2. The summed E-state index contributed by atoms with van der Waals surface area (Å²) in [5.41, 5.74) is 6.79. The zero-order valence-corrected chi connectivity index (χ0v) is 12.4. The van der Waals surface area contributed by atoms with Crippen LogP contribution in [0.2, 0.25) is 0 Å². The fourth-order valence-corrected chi connectivity index (χ4v) is 2.35. The zero-order valence-electron chi connectivity index (χ0n) is 12.4. The average molecular weight is 279 g/mol. The predicted molar refractivity (Wildman–Crippen MR) is 82.1 cm³/mol. The Morgan fingerprint density at radius 1 is 1.50 bits per heavy atom. The van der Waals surface area contributed by atoms with Crippen LogP contribution in [0.25, 0.3) is 0 Å². The van der Waals surface area contributed by atoms with Gasteiger partial charge in [-0.3, -0.25) is 0 Å². The number of nitrogens with two attached hydrogens (primary N) is 1. The Balaban J connectivity index is 1.98. The van der Waals surface area contributed by atoms with Gasteiger partial charge >= 0.3 is 0 Å². The second-order valence-corrected chi connectivity index (χ2v) is 5.25. The van der Waals surface area contributed by atoms with Crippen LogP contribution in [-0.2, 0) is 4.74 Å². The van der Waals surface area contributed by atoms with Crippen LogP contribution in [0, 0.1) is 0 Å². The molecule has 0 aromatic carbocycles. The van der Waals surface area contributed by atoms with Crippen LogP contribution >= 0.6 is 0 Å². The van der Waals surface area contributed by atoms with Gasteiger partial charge in [-0.15, -0.1) is 0 Å². The molecule has 1 aromatic heterocycles. The highest BCUT2D eigenvalue weighted by Gasteiger charge is 2.17. The maximum atomic E-state index is 6.17. The van der Waals surface area contributed by atoms with E-state index in [1.165, 1.54) is 0 Å². The van der Waals surface area contributed by atoms with Gasteiger partial charge in [-0.05, 0) is 19.3 Å². The summed E-state index contributed by atoms with van der Waals surface area (Å²) in [4.78, 5) is 10.6. The lowest BCUT2D eigenvalue weighted by Gasteiger charge is -2.21. The first kappa shape index (κ1) is 14.8. The number of unbranched alkanes of at least 4 members (excludes halogenated alkanes) is 1. The van der Waals surface area contributed by atoms with E-state index in [0.29, 0.717) is 11.5 Å². The third-order valence-electron chi connectivity index (χ3n) is 3.59. The smallest absolute Gasteiger partial charge is 0.157 e. The normalized spacial score (nSPS) is 18.2. The van der Waals surface area contributed by atoms with Gasteiger partial charge in [0, 0.05) is 26.7 Å². The maximum absolute atomic E-state index is 6.17. The molecule has 6 heteroatoms. The van der Waals surface area contributed by atoms with Crippen molar-refractivity contribution < 1.29 is 4.74 Å². The molecule has 0 amide bonds. The molecule has 1 aliphatic heterocycles. The van der Waals surface area contributed by atoms with Crippen molar-refractivity contribution in [3.63, 3.8) is 0 Å². The van der Waals surface area contributed by atoms with Gasteiger partial charge in [-0.2, -0.15) is 0 Å². The fraction of sp³-hybridized carbons (Fsp3) is 0.714. The summed E-state index contributed by atoms with van der Waals surface area (Å²) in [6.07, 6.45) is 6.34. The van der Waals surface area contributed by atoms with E-state index in [2.05, 4.69) is 27.1 Å². The highest BCUT2D eigenvalue weighted by atomic mass is 16.5. The molecule has 0 aliphatic carbocycles. The second kappa shape index (κ2) is 7.28. The standard InChI is InChI=1S/C14H25N5O/c1-3-4-7-19(2)14-12(15)13(17-10-18-14)16-9-11-6-5-8-20-11/h10-11H,3-9,15H2,1-2H3,(H,16,17,18). The van der Waals surface area contributed by atoms with Crippen molar-refractivity contribution in [2.24, 2.45) is 0 Å². The lowest BCUT2D eigenvalue weighted by atomic mass is 10.2. The molecular formula is C14H25N5O. The van der Waals surface area contributed by atoms with Gasteiger partial charge in [-0.25, -0.2) is 9.97 Å². The molecule has 1 unspecified atom stereocenters. The molecular weight excluding hydrogens is 254 g/mol. The molecule has 1 saturated heterocycles. The van der Waals surface area contributed by atoms with Crippen molar-refractivity contribution in [3.8, 4) is 0 Å². The minimum atomic E-state index is 0.269. The topological polar surface area (TPSA) is 76.3 Å². The number of rotatable bonds is 7. The molecule has 20 heavy (non-hydrogen) atoms. The molecule has 1 aliphatic rings. The molecule has 2 heterocycles. The monoisotopic (exact) mass is 279 g/mol. The van der Waals surface area contributed by atoms with Crippen LogP contribution in [-0.4, -0.2) is 42.8 Å². The SMILES string of the molecule is CCCCN(C)c1ncnc(NCC2CCCO2)c1N. The molecule has 0 bridgehead atoms. The van der Waals surface area contributed by atoms with Gasteiger partial charge in [0.25, 0.3) is 0 Å². The molecule has 0 spiro atoms. The Labute approximate surface area is 120 Å². The van der Waals surface area contributed by atoms with E-state index in [4.69, 9.17) is 10.5 Å². The third-order valence-corrected chi connectivity index (χ3v) is 3.59. The highest BCUT2D eigenvalue weighted by Crippen LogP contribution is 2.25. The largest absolute Gasteiger partial charge is 0.393 e. The van der Waals surface area contributed by atoms with E-state index in [0.717, 1.165) is 51.2 Å². The van der Waals surface area contributed by atoms with Crippen molar-refractivity contribution in [3.05, 3.63) is 6.33 Å². The van der Waals surface area contributed by atoms with Gasteiger partial charge < -0.3 is 20.7 Å². The number of nitrogen functional groups attached to an aromatic ring is 1. The van der Waals surface area contributed by atoms with E-state index in [9.17, 15) is 0 Å². The molecule has 1 atom stereocenters. The minimum Gasteiger partial charge on any atom is -0.393 e. The van der Waals surface area contributed by atoms with E-state index in [1.807, 2.05) is 7.05 Å². The van der Waals surface area contributed by atoms with Gasteiger partial charge in [-0.1, -0.05) is 13.3 Å². The van der Waals surface area contributed by atoms with E-state index < -0.39 is 0 Å². The van der Waals surface area contributed by atoms with E-state index >= 15 is 0 Å². The van der Waals surface area contributed by atoms with Crippen molar-refractivity contribution in [1.29, 1.82) is 0 Å². The number of nitrogens with zero attached hydrogens (tertiary/aromatic N) is 3. The summed E-state index contributed by atoms with van der Waals surface area (Å²) in [5.74, 6) is 1.50. The number of anilines is 3. The van der Waals surface area contributed by atoms with Crippen LogP contribution in [0.3, 0.4) is 0 Å². The van der Waals surface area contributed by atoms with E-state index in [1.54, 1.807) is 6.33 Å². The van der Waals surface area contributed by atoms with Crippen LogP contribution in [0.1, 0.15) is 32.6 Å². The van der Waals surface area contributed by atoms with Crippen molar-refractivity contribution in [2.75, 3.05) is 42.7 Å². The minimum absolute atomic E-state index is 0.269. The van der Waals surface area contributed by atoms with Gasteiger partial charge in [0.1, 0.15) is 12.0 Å². The lowest BCUT2D eigenvalue weighted by molar-refractivity contribution is 0.120. The first-order chi connectivity index (χ1) is 9.72. The molecule has 0 saturated carbocycles. The van der Waals surface area contributed by atoms with Crippen LogP contribution in [0.15, 0.2) is 6.33 Å². The number of aromatic nitrogens is 2. The molecule has 1 fully saturated rings. The second-order valence-electron chi connectivity index (χ2n) is 5.25. The summed E-state index contributed by atoms with van der Waals surface area (Å²) < 4.78 is 5.59. The summed E-state index contributed by atoms with van der Waals surface area (Å²) >= 11 is 0. The Morgan fingerprint density at radius 3 is 3.05 bits per heavy atom. The molecule has 6 nitrogen and oxygen atoms in total. The Kier molecular flexibility index (Phi) is 5.40. The van der Waals surface area contributed by atoms with Crippen molar-refractivity contribution in [2.45, 2.75) is 38.7 Å². The van der Waals surface area contributed by atoms with Crippen molar-refractivity contribution >= 4 is 17.3 Å². The molecule has 1 aromatic rings. The number of hydrogen-bond acceptors (Lipinski definition) is 6. The lowest BCUT2D eigenvalue weighted by Crippen LogP contribution is -2.23. The number of ether oxygens (including phenoxy) is 1.